The Labute approximate surface area is 212 Å². The molecule has 2 aliphatic heterocycles. The first kappa shape index (κ1) is 24.6. The van der Waals surface area contributed by atoms with E-state index in [0.29, 0.717) is 12.4 Å². The maximum absolute atomic E-state index is 14.4. The van der Waals surface area contributed by atoms with Crippen molar-refractivity contribution in [1.29, 1.82) is 0 Å². The van der Waals surface area contributed by atoms with E-state index in [1.54, 1.807) is 12.1 Å². The normalized spacial score (nSPS) is 17.8. The van der Waals surface area contributed by atoms with Crippen molar-refractivity contribution in [1.82, 2.24) is 10.1 Å². The third-order valence-corrected chi connectivity index (χ3v) is 7.09. The molecular weight excluding hydrogens is 459 g/mol. The molecule has 1 unspecified atom stereocenters. The van der Waals surface area contributed by atoms with Gasteiger partial charge in [-0.1, -0.05) is 17.3 Å². The Morgan fingerprint density at radius 1 is 1.11 bits per heavy atom. The third kappa shape index (κ3) is 5.20. The van der Waals surface area contributed by atoms with Crippen LogP contribution in [0.15, 0.2) is 40.9 Å². The lowest BCUT2D eigenvalue weighted by Gasteiger charge is -2.32. The molecule has 5 rings (SSSR count). The van der Waals surface area contributed by atoms with Crippen molar-refractivity contribution in [3.8, 4) is 16.9 Å². The van der Waals surface area contributed by atoms with E-state index in [9.17, 15) is 4.39 Å². The van der Waals surface area contributed by atoms with Crippen molar-refractivity contribution in [3.63, 3.8) is 0 Å². The van der Waals surface area contributed by atoms with Crippen molar-refractivity contribution >= 4 is 11.4 Å². The Hall–Kier alpha value is -3.10. The van der Waals surface area contributed by atoms with Gasteiger partial charge in [0, 0.05) is 31.7 Å². The summed E-state index contributed by atoms with van der Waals surface area (Å²) in [6.07, 6.45) is 1.74. The lowest BCUT2D eigenvalue weighted by atomic mass is 10.0. The van der Waals surface area contributed by atoms with Gasteiger partial charge < -0.3 is 24.2 Å². The van der Waals surface area contributed by atoms with E-state index < -0.39 is 0 Å². The van der Waals surface area contributed by atoms with Crippen LogP contribution in [0, 0.1) is 19.7 Å². The molecule has 192 valence electrons. The van der Waals surface area contributed by atoms with Gasteiger partial charge in [0.1, 0.15) is 5.76 Å². The second-order valence-corrected chi connectivity index (χ2v) is 9.48. The summed E-state index contributed by atoms with van der Waals surface area (Å²) in [4.78, 5) is 4.91. The SMILES string of the molecule is CCOc1ccc(CCC2Nc3cc(-c4c(C)noc4C)ccc3N2CCN2CCOCC2)cc1F. The van der Waals surface area contributed by atoms with Crippen LogP contribution in [-0.4, -0.2) is 62.2 Å². The van der Waals surface area contributed by atoms with E-state index in [1.807, 2.05) is 26.8 Å². The number of nitrogens with one attached hydrogen (secondary N) is 1. The maximum Gasteiger partial charge on any atom is 0.165 e. The van der Waals surface area contributed by atoms with Gasteiger partial charge in [-0.2, -0.15) is 0 Å². The van der Waals surface area contributed by atoms with Gasteiger partial charge in [0.15, 0.2) is 11.6 Å². The molecule has 8 heteroatoms. The van der Waals surface area contributed by atoms with E-state index in [1.165, 1.54) is 5.69 Å². The molecule has 0 saturated carbocycles. The van der Waals surface area contributed by atoms with E-state index in [-0.39, 0.29) is 12.0 Å². The van der Waals surface area contributed by atoms with Gasteiger partial charge in [-0.25, -0.2) is 4.39 Å². The Kier molecular flexibility index (Phi) is 7.43. The first-order chi connectivity index (χ1) is 17.5. The van der Waals surface area contributed by atoms with Crippen molar-refractivity contribution in [2.45, 2.75) is 39.8 Å². The highest BCUT2D eigenvalue weighted by molar-refractivity contribution is 5.83. The monoisotopic (exact) mass is 494 g/mol. The van der Waals surface area contributed by atoms with E-state index in [0.717, 1.165) is 86.1 Å². The second kappa shape index (κ2) is 10.9. The number of rotatable bonds is 9. The molecule has 0 spiro atoms. The maximum atomic E-state index is 14.4. The highest BCUT2D eigenvalue weighted by Crippen LogP contribution is 2.40. The molecule has 0 aliphatic carbocycles. The largest absolute Gasteiger partial charge is 0.491 e. The predicted molar refractivity (Wildman–Crippen MR) is 139 cm³/mol. The van der Waals surface area contributed by atoms with Crippen LogP contribution in [-0.2, 0) is 11.2 Å². The van der Waals surface area contributed by atoms with E-state index >= 15 is 0 Å². The summed E-state index contributed by atoms with van der Waals surface area (Å²) >= 11 is 0. The number of anilines is 2. The van der Waals surface area contributed by atoms with Crippen LogP contribution < -0.4 is 15.0 Å². The fourth-order valence-electron chi connectivity index (χ4n) is 5.23. The molecule has 1 aromatic heterocycles. The number of benzene rings is 2. The molecule has 2 aromatic carbocycles. The third-order valence-electron chi connectivity index (χ3n) is 7.09. The van der Waals surface area contributed by atoms with Crippen LogP contribution in [0.25, 0.3) is 11.1 Å². The molecule has 3 heterocycles. The summed E-state index contributed by atoms with van der Waals surface area (Å²) in [6.45, 7) is 11.6. The number of hydrogen-bond acceptors (Lipinski definition) is 7. The van der Waals surface area contributed by atoms with Crippen LogP contribution in [0.2, 0.25) is 0 Å². The predicted octanol–water partition coefficient (Wildman–Crippen LogP) is 5.02. The summed E-state index contributed by atoms with van der Waals surface area (Å²) in [5.41, 5.74) is 6.31. The van der Waals surface area contributed by atoms with Gasteiger partial charge in [0.2, 0.25) is 0 Å². The zero-order chi connectivity index (χ0) is 25.1. The van der Waals surface area contributed by atoms with Crippen LogP contribution in [0.1, 0.15) is 30.4 Å². The number of morpholine rings is 1. The summed E-state index contributed by atoms with van der Waals surface area (Å²) in [7, 11) is 0. The van der Waals surface area contributed by atoms with Crippen molar-refractivity contribution < 1.29 is 18.4 Å². The zero-order valence-corrected chi connectivity index (χ0v) is 21.3. The van der Waals surface area contributed by atoms with Crippen molar-refractivity contribution in [3.05, 3.63) is 59.2 Å². The molecule has 7 nitrogen and oxygen atoms in total. The topological polar surface area (TPSA) is 63.0 Å². The molecule has 36 heavy (non-hydrogen) atoms. The average molecular weight is 495 g/mol. The quantitative estimate of drug-likeness (QED) is 0.448. The summed E-state index contributed by atoms with van der Waals surface area (Å²) in [5, 5.41) is 7.87. The molecule has 2 aliphatic rings. The van der Waals surface area contributed by atoms with E-state index in [4.69, 9.17) is 14.0 Å². The average Bonchev–Trinajstić information content (AvgIpc) is 3.41. The van der Waals surface area contributed by atoms with Crippen molar-refractivity contribution in [2.24, 2.45) is 0 Å². The molecule has 1 fully saturated rings. The number of halogens is 1. The molecule has 3 aromatic rings. The Balaban J connectivity index is 1.35. The number of fused-ring (bicyclic) bond motifs is 1. The molecule has 0 radical (unpaired) electrons. The molecule has 1 N–H and O–H groups in total. The number of aromatic nitrogens is 1. The molecule has 1 atom stereocenters. The highest BCUT2D eigenvalue weighted by Gasteiger charge is 2.29. The molecule has 0 bridgehead atoms. The van der Waals surface area contributed by atoms with Crippen molar-refractivity contribution in [2.75, 3.05) is 56.2 Å². The van der Waals surface area contributed by atoms with Gasteiger partial charge in [0.05, 0.1) is 43.1 Å². The van der Waals surface area contributed by atoms with Gasteiger partial charge in [-0.15, -0.1) is 0 Å². The van der Waals surface area contributed by atoms with Crippen LogP contribution in [0.5, 0.6) is 5.75 Å². The zero-order valence-electron chi connectivity index (χ0n) is 21.3. The first-order valence-electron chi connectivity index (χ1n) is 12.8. The minimum atomic E-state index is -0.301. The number of ether oxygens (including phenoxy) is 2. The standard InChI is InChI=1S/C28H35FN4O3/c1-4-35-26-9-5-21(17-23(26)29)6-10-27-30-24-18-22(28-19(2)31-36-20(28)3)7-8-25(24)33(27)12-11-32-13-15-34-16-14-32/h5,7-9,17-18,27,30H,4,6,10-16H2,1-3H3. The minimum absolute atomic E-state index is 0.121. The number of nitrogens with zero attached hydrogens (tertiary/aromatic N) is 3. The van der Waals surface area contributed by atoms with Crippen LogP contribution >= 0.6 is 0 Å². The summed E-state index contributed by atoms with van der Waals surface area (Å²) < 4.78 is 30.7. The second-order valence-electron chi connectivity index (χ2n) is 9.48. The number of aryl methyl sites for hydroxylation is 3. The molecule has 1 saturated heterocycles. The molecular formula is C28H35FN4O3. The summed E-state index contributed by atoms with van der Waals surface area (Å²) in [5.74, 6) is 0.834. The van der Waals surface area contributed by atoms with Gasteiger partial charge in [-0.3, -0.25) is 4.90 Å². The fourth-order valence-corrected chi connectivity index (χ4v) is 5.23. The van der Waals surface area contributed by atoms with Gasteiger partial charge in [0.25, 0.3) is 0 Å². The fraction of sp³-hybridized carbons (Fsp3) is 0.464. The van der Waals surface area contributed by atoms with Gasteiger partial charge >= 0.3 is 0 Å². The van der Waals surface area contributed by atoms with E-state index in [2.05, 4.69) is 38.5 Å². The smallest absolute Gasteiger partial charge is 0.165 e. The van der Waals surface area contributed by atoms with Gasteiger partial charge in [-0.05, 0) is 69.0 Å². The van der Waals surface area contributed by atoms with Crippen LogP contribution in [0.4, 0.5) is 15.8 Å². The highest BCUT2D eigenvalue weighted by atomic mass is 19.1. The minimum Gasteiger partial charge on any atom is -0.491 e. The Morgan fingerprint density at radius 2 is 1.94 bits per heavy atom. The number of hydrogen-bond donors (Lipinski definition) is 1. The molecule has 0 amide bonds. The lowest BCUT2D eigenvalue weighted by molar-refractivity contribution is 0.0390. The first-order valence-corrected chi connectivity index (χ1v) is 12.8. The van der Waals surface area contributed by atoms with Crippen LogP contribution in [0.3, 0.4) is 0 Å². The lowest BCUT2D eigenvalue weighted by Crippen LogP contribution is -2.44. The Bertz CT molecular complexity index is 1170. The Morgan fingerprint density at radius 3 is 2.67 bits per heavy atom. The summed E-state index contributed by atoms with van der Waals surface area (Å²) in [6, 6.07) is 11.8.